The van der Waals surface area contributed by atoms with Gasteiger partial charge in [0.05, 0.1) is 0 Å². The highest BCUT2D eigenvalue weighted by molar-refractivity contribution is 6.09. The van der Waals surface area contributed by atoms with E-state index in [1.165, 1.54) is 11.1 Å². The third-order valence-electron chi connectivity index (χ3n) is 4.08. The van der Waals surface area contributed by atoms with Crippen LogP contribution in [0.25, 0.3) is 16.7 Å². The van der Waals surface area contributed by atoms with Crippen molar-refractivity contribution in [3.63, 3.8) is 0 Å². The van der Waals surface area contributed by atoms with E-state index in [0.717, 1.165) is 22.5 Å². The highest BCUT2D eigenvalue weighted by Crippen LogP contribution is 2.24. The van der Waals surface area contributed by atoms with Crippen LogP contribution in [0.5, 0.6) is 0 Å². The number of benzene rings is 3. The average Bonchev–Trinajstić information content (AvgIpc) is 2.68. The molecule has 0 fully saturated rings. The standard InChI is InChI=1S/C23H22N2/c1-3-18(17-24-2)20-9-13-22(14-10-20)25-23-15-11-21(12-16-23)19-7-5-4-6-8-19/h3-17,25H,1-2H3/b18-3+,24-17?. The summed E-state index contributed by atoms with van der Waals surface area (Å²) in [6, 6.07) is 27.3. The topological polar surface area (TPSA) is 24.4 Å². The first-order valence-corrected chi connectivity index (χ1v) is 8.41. The van der Waals surface area contributed by atoms with E-state index >= 15 is 0 Å². The van der Waals surface area contributed by atoms with Gasteiger partial charge in [-0.25, -0.2) is 0 Å². The summed E-state index contributed by atoms with van der Waals surface area (Å²) < 4.78 is 0. The summed E-state index contributed by atoms with van der Waals surface area (Å²) in [5.74, 6) is 0. The molecule has 0 heterocycles. The van der Waals surface area contributed by atoms with Crippen molar-refractivity contribution in [2.24, 2.45) is 4.99 Å². The van der Waals surface area contributed by atoms with Gasteiger partial charge in [-0.05, 0) is 53.5 Å². The third kappa shape index (κ3) is 4.24. The normalized spacial score (nSPS) is 11.7. The second kappa shape index (κ2) is 8.11. The van der Waals surface area contributed by atoms with Crippen molar-refractivity contribution in [3.8, 4) is 11.1 Å². The van der Waals surface area contributed by atoms with Crippen molar-refractivity contribution in [2.75, 3.05) is 12.4 Å². The molecule has 0 saturated carbocycles. The molecule has 3 aromatic rings. The minimum absolute atomic E-state index is 1.07. The van der Waals surface area contributed by atoms with Crippen molar-refractivity contribution in [3.05, 3.63) is 90.5 Å². The van der Waals surface area contributed by atoms with Gasteiger partial charge < -0.3 is 5.32 Å². The molecule has 124 valence electrons. The lowest BCUT2D eigenvalue weighted by molar-refractivity contribution is 1.47. The molecule has 0 saturated heterocycles. The number of rotatable bonds is 5. The van der Waals surface area contributed by atoms with Crippen molar-refractivity contribution in [1.29, 1.82) is 0 Å². The molecule has 0 unspecified atom stereocenters. The van der Waals surface area contributed by atoms with E-state index < -0.39 is 0 Å². The summed E-state index contributed by atoms with van der Waals surface area (Å²) in [5, 5.41) is 3.45. The molecular weight excluding hydrogens is 304 g/mol. The van der Waals surface area contributed by atoms with E-state index in [0.29, 0.717) is 0 Å². The number of hydrogen-bond donors (Lipinski definition) is 1. The SMILES string of the molecule is C/C=C(\C=NC)c1ccc(Nc2ccc(-c3ccccc3)cc2)cc1. The summed E-state index contributed by atoms with van der Waals surface area (Å²) >= 11 is 0. The Bertz CT molecular complexity index is 858. The molecule has 3 rings (SSSR count). The third-order valence-corrected chi connectivity index (χ3v) is 4.08. The molecule has 2 nitrogen and oxygen atoms in total. The van der Waals surface area contributed by atoms with Crippen LogP contribution in [0.1, 0.15) is 12.5 Å². The lowest BCUT2D eigenvalue weighted by atomic mass is 10.1. The number of nitrogens with zero attached hydrogens (tertiary/aromatic N) is 1. The Hall–Kier alpha value is -3.13. The molecule has 0 aliphatic carbocycles. The Morgan fingerprint density at radius 2 is 1.32 bits per heavy atom. The maximum Gasteiger partial charge on any atom is 0.0384 e. The second-order valence-corrected chi connectivity index (χ2v) is 5.78. The van der Waals surface area contributed by atoms with Crippen LogP contribution in [-0.2, 0) is 0 Å². The maximum absolute atomic E-state index is 4.10. The molecule has 0 radical (unpaired) electrons. The fourth-order valence-electron chi connectivity index (χ4n) is 2.74. The largest absolute Gasteiger partial charge is 0.356 e. The molecule has 0 bridgehead atoms. The monoisotopic (exact) mass is 326 g/mol. The number of aliphatic imine (C=N–C) groups is 1. The van der Waals surface area contributed by atoms with E-state index in [2.05, 4.69) is 89.2 Å². The molecular formula is C23H22N2. The van der Waals surface area contributed by atoms with Gasteiger partial charge in [0.25, 0.3) is 0 Å². The first-order valence-electron chi connectivity index (χ1n) is 8.41. The summed E-state index contributed by atoms with van der Waals surface area (Å²) in [7, 11) is 1.79. The maximum atomic E-state index is 4.10. The van der Waals surface area contributed by atoms with Gasteiger partial charge in [0, 0.05) is 24.6 Å². The quantitative estimate of drug-likeness (QED) is 0.554. The van der Waals surface area contributed by atoms with Crippen LogP contribution in [0.4, 0.5) is 11.4 Å². The first kappa shape index (κ1) is 16.7. The summed E-state index contributed by atoms with van der Waals surface area (Å²) in [5.41, 5.74) is 6.89. The fraction of sp³-hybridized carbons (Fsp3) is 0.0870. The minimum Gasteiger partial charge on any atom is -0.356 e. The van der Waals surface area contributed by atoms with E-state index in [9.17, 15) is 0 Å². The van der Waals surface area contributed by atoms with Crippen LogP contribution in [-0.4, -0.2) is 13.3 Å². The van der Waals surface area contributed by atoms with Crippen molar-refractivity contribution in [1.82, 2.24) is 0 Å². The Kier molecular flexibility index (Phi) is 5.43. The second-order valence-electron chi connectivity index (χ2n) is 5.78. The lowest BCUT2D eigenvalue weighted by Gasteiger charge is -2.09. The summed E-state index contributed by atoms with van der Waals surface area (Å²) in [6.45, 7) is 2.03. The molecule has 0 atom stereocenters. The molecule has 0 aromatic heterocycles. The van der Waals surface area contributed by atoms with Crippen LogP contribution in [0.2, 0.25) is 0 Å². The molecule has 1 N–H and O–H groups in total. The van der Waals surface area contributed by atoms with Crippen molar-refractivity contribution in [2.45, 2.75) is 6.92 Å². The number of hydrogen-bond acceptors (Lipinski definition) is 2. The Morgan fingerprint density at radius 1 is 0.760 bits per heavy atom. The predicted molar refractivity (Wildman–Crippen MR) is 110 cm³/mol. The molecule has 0 aliphatic rings. The zero-order valence-electron chi connectivity index (χ0n) is 14.6. The number of allylic oxidation sites excluding steroid dienone is 2. The van der Waals surface area contributed by atoms with Crippen LogP contribution < -0.4 is 5.32 Å². The highest BCUT2D eigenvalue weighted by Gasteiger charge is 2.00. The molecule has 0 amide bonds. The van der Waals surface area contributed by atoms with Crippen LogP contribution >= 0.6 is 0 Å². The van der Waals surface area contributed by atoms with Crippen LogP contribution in [0, 0.1) is 0 Å². The average molecular weight is 326 g/mol. The summed E-state index contributed by atoms with van der Waals surface area (Å²) in [4.78, 5) is 4.10. The van der Waals surface area contributed by atoms with Gasteiger partial charge in [0.2, 0.25) is 0 Å². The number of anilines is 2. The Labute approximate surface area is 149 Å². The number of nitrogens with one attached hydrogen (secondary N) is 1. The smallest absolute Gasteiger partial charge is 0.0384 e. The van der Waals surface area contributed by atoms with Gasteiger partial charge in [0.1, 0.15) is 0 Å². The molecule has 3 aromatic carbocycles. The first-order chi connectivity index (χ1) is 12.3. The van der Waals surface area contributed by atoms with Gasteiger partial charge in [-0.1, -0.05) is 60.7 Å². The predicted octanol–water partition coefficient (Wildman–Crippen LogP) is 6.20. The van der Waals surface area contributed by atoms with Gasteiger partial charge in [-0.2, -0.15) is 0 Å². The van der Waals surface area contributed by atoms with E-state index in [-0.39, 0.29) is 0 Å². The highest BCUT2D eigenvalue weighted by atomic mass is 14.9. The van der Waals surface area contributed by atoms with Gasteiger partial charge in [-0.3, -0.25) is 4.99 Å². The molecule has 0 aliphatic heterocycles. The lowest BCUT2D eigenvalue weighted by Crippen LogP contribution is -1.91. The molecule has 2 heteroatoms. The van der Waals surface area contributed by atoms with E-state index in [1.54, 1.807) is 7.05 Å². The molecule has 0 spiro atoms. The zero-order valence-corrected chi connectivity index (χ0v) is 14.6. The Balaban J connectivity index is 1.72. The zero-order chi connectivity index (χ0) is 17.5. The van der Waals surface area contributed by atoms with E-state index in [1.807, 2.05) is 19.2 Å². The van der Waals surface area contributed by atoms with Crippen molar-refractivity contribution >= 4 is 23.2 Å². The fourth-order valence-corrected chi connectivity index (χ4v) is 2.74. The van der Waals surface area contributed by atoms with Crippen LogP contribution in [0.3, 0.4) is 0 Å². The summed E-state index contributed by atoms with van der Waals surface area (Å²) in [6.07, 6.45) is 3.95. The van der Waals surface area contributed by atoms with Gasteiger partial charge in [-0.15, -0.1) is 0 Å². The van der Waals surface area contributed by atoms with Gasteiger partial charge >= 0.3 is 0 Å². The van der Waals surface area contributed by atoms with Crippen LogP contribution in [0.15, 0.2) is 89.9 Å². The van der Waals surface area contributed by atoms with E-state index in [4.69, 9.17) is 0 Å². The molecule has 25 heavy (non-hydrogen) atoms. The minimum atomic E-state index is 1.07. The van der Waals surface area contributed by atoms with Gasteiger partial charge in [0.15, 0.2) is 0 Å². The Morgan fingerprint density at radius 3 is 1.88 bits per heavy atom. The van der Waals surface area contributed by atoms with Crippen molar-refractivity contribution < 1.29 is 0 Å².